The molecule has 1 fully saturated rings. The molecule has 1 N–H and O–H groups in total. The van der Waals surface area contributed by atoms with Gasteiger partial charge in [0.15, 0.2) is 0 Å². The molecular weight excluding hydrogens is 308 g/mol. The molecule has 0 radical (unpaired) electrons. The number of halogens is 1. The summed E-state index contributed by atoms with van der Waals surface area (Å²) in [4.78, 5) is 4.34. The SMILES string of the molecule is Cn1cc([C@@H]2OCC[C@H]2Nc2ncccc2Br)cn1. The Kier molecular flexibility index (Phi) is 3.52. The predicted molar refractivity (Wildman–Crippen MR) is 75.9 cm³/mol. The van der Waals surface area contributed by atoms with Crippen LogP contribution in [0.1, 0.15) is 18.1 Å². The van der Waals surface area contributed by atoms with E-state index in [2.05, 4.69) is 31.3 Å². The summed E-state index contributed by atoms with van der Waals surface area (Å²) in [6.07, 6.45) is 6.63. The highest BCUT2D eigenvalue weighted by Crippen LogP contribution is 2.32. The van der Waals surface area contributed by atoms with Crippen LogP contribution in [0.25, 0.3) is 0 Å². The van der Waals surface area contributed by atoms with E-state index in [1.165, 1.54) is 0 Å². The van der Waals surface area contributed by atoms with Gasteiger partial charge in [-0.2, -0.15) is 5.10 Å². The van der Waals surface area contributed by atoms with Gasteiger partial charge in [0.1, 0.15) is 11.9 Å². The number of ether oxygens (including phenoxy) is 1. The van der Waals surface area contributed by atoms with E-state index in [0.717, 1.165) is 28.9 Å². The molecule has 0 bridgehead atoms. The van der Waals surface area contributed by atoms with Gasteiger partial charge in [0.2, 0.25) is 0 Å². The van der Waals surface area contributed by atoms with E-state index in [0.29, 0.717) is 0 Å². The summed E-state index contributed by atoms with van der Waals surface area (Å²) in [5.74, 6) is 0.854. The fraction of sp³-hybridized carbons (Fsp3) is 0.385. The summed E-state index contributed by atoms with van der Waals surface area (Å²) in [5, 5.41) is 7.65. The summed E-state index contributed by atoms with van der Waals surface area (Å²) in [7, 11) is 1.91. The van der Waals surface area contributed by atoms with Crippen molar-refractivity contribution in [3.63, 3.8) is 0 Å². The predicted octanol–water partition coefficient (Wildman–Crippen LogP) is 2.52. The second kappa shape index (κ2) is 5.30. The van der Waals surface area contributed by atoms with Crippen molar-refractivity contribution in [3.05, 3.63) is 40.8 Å². The lowest BCUT2D eigenvalue weighted by Crippen LogP contribution is -2.23. The molecule has 0 saturated carbocycles. The maximum atomic E-state index is 5.82. The number of pyridine rings is 1. The van der Waals surface area contributed by atoms with Crippen molar-refractivity contribution in [1.29, 1.82) is 0 Å². The van der Waals surface area contributed by atoms with Crippen molar-refractivity contribution in [2.45, 2.75) is 18.6 Å². The van der Waals surface area contributed by atoms with E-state index in [9.17, 15) is 0 Å². The van der Waals surface area contributed by atoms with Crippen molar-refractivity contribution < 1.29 is 4.74 Å². The summed E-state index contributed by atoms with van der Waals surface area (Å²) in [5.41, 5.74) is 1.10. The standard InChI is InChI=1S/C13H15BrN4O/c1-18-8-9(7-16-18)12-11(4-6-19-12)17-13-10(14)3-2-5-15-13/h2-3,5,7-8,11-12H,4,6H2,1H3,(H,15,17)/t11-,12+/m1/s1. The lowest BCUT2D eigenvalue weighted by atomic mass is 10.1. The number of anilines is 1. The van der Waals surface area contributed by atoms with Gasteiger partial charge in [0.05, 0.1) is 16.7 Å². The Morgan fingerprint density at radius 3 is 3.16 bits per heavy atom. The Morgan fingerprint density at radius 2 is 2.42 bits per heavy atom. The summed E-state index contributed by atoms with van der Waals surface area (Å²) < 4.78 is 8.58. The van der Waals surface area contributed by atoms with Gasteiger partial charge in [-0.25, -0.2) is 4.98 Å². The van der Waals surface area contributed by atoms with Crippen molar-refractivity contribution in [2.24, 2.45) is 7.05 Å². The first kappa shape index (κ1) is 12.6. The molecule has 5 nitrogen and oxygen atoms in total. The third-order valence-electron chi connectivity index (χ3n) is 3.23. The summed E-state index contributed by atoms with van der Waals surface area (Å²) in [6, 6.07) is 4.10. The smallest absolute Gasteiger partial charge is 0.140 e. The van der Waals surface area contributed by atoms with Crippen LogP contribution in [0.2, 0.25) is 0 Å². The molecule has 19 heavy (non-hydrogen) atoms. The topological polar surface area (TPSA) is 52.0 Å². The lowest BCUT2D eigenvalue weighted by molar-refractivity contribution is 0.107. The molecule has 1 aliphatic rings. The summed E-state index contributed by atoms with van der Waals surface area (Å²) >= 11 is 3.50. The highest BCUT2D eigenvalue weighted by atomic mass is 79.9. The minimum atomic E-state index is 0.0302. The average Bonchev–Trinajstić information content (AvgIpc) is 3.01. The first-order chi connectivity index (χ1) is 9.24. The van der Waals surface area contributed by atoms with Gasteiger partial charge in [-0.15, -0.1) is 0 Å². The molecule has 0 amide bonds. The lowest BCUT2D eigenvalue weighted by Gasteiger charge is -2.19. The van der Waals surface area contributed by atoms with Gasteiger partial charge in [-0.05, 0) is 34.5 Å². The highest BCUT2D eigenvalue weighted by Gasteiger charge is 2.31. The Hall–Kier alpha value is -1.40. The second-order valence-electron chi connectivity index (χ2n) is 4.61. The normalized spacial score (nSPS) is 22.6. The molecule has 100 valence electrons. The van der Waals surface area contributed by atoms with Crippen LogP contribution in [0.15, 0.2) is 35.2 Å². The van der Waals surface area contributed by atoms with Crippen LogP contribution in [0.3, 0.4) is 0 Å². The molecule has 0 spiro atoms. The van der Waals surface area contributed by atoms with Crippen LogP contribution in [0.5, 0.6) is 0 Å². The van der Waals surface area contributed by atoms with Crippen LogP contribution in [0, 0.1) is 0 Å². The Balaban J connectivity index is 1.79. The number of aryl methyl sites for hydroxylation is 1. The molecule has 2 aromatic heterocycles. The van der Waals surface area contributed by atoms with E-state index < -0.39 is 0 Å². The quantitative estimate of drug-likeness (QED) is 0.943. The number of nitrogens with one attached hydrogen (secondary N) is 1. The van der Waals surface area contributed by atoms with Gasteiger partial charge in [0, 0.05) is 31.6 Å². The van der Waals surface area contributed by atoms with Crippen LogP contribution in [-0.4, -0.2) is 27.4 Å². The molecule has 3 heterocycles. The Morgan fingerprint density at radius 1 is 1.53 bits per heavy atom. The number of nitrogens with zero attached hydrogens (tertiary/aromatic N) is 3. The molecule has 1 saturated heterocycles. The highest BCUT2D eigenvalue weighted by molar-refractivity contribution is 9.10. The van der Waals surface area contributed by atoms with E-state index >= 15 is 0 Å². The first-order valence-corrected chi connectivity index (χ1v) is 7.00. The minimum Gasteiger partial charge on any atom is -0.371 e. The van der Waals surface area contributed by atoms with Crippen molar-refractivity contribution in [2.75, 3.05) is 11.9 Å². The van der Waals surface area contributed by atoms with Gasteiger partial charge in [-0.3, -0.25) is 4.68 Å². The largest absolute Gasteiger partial charge is 0.371 e. The molecule has 0 unspecified atom stereocenters. The van der Waals surface area contributed by atoms with Crippen LogP contribution >= 0.6 is 15.9 Å². The van der Waals surface area contributed by atoms with Crippen molar-refractivity contribution in [1.82, 2.24) is 14.8 Å². The maximum Gasteiger partial charge on any atom is 0.140 e. The monoisotopic (exact) mass is 322 g/mol. The van der Waals surface area contributed by atoms with Gasteiger partial charge in [0.25, 0.3) is 0 Å². The molecule has 1 aliphatic heterocycles. The van der Waals surface area contributed by atoms with E-state index in [4.69, 9.17) is 4.74 Å². The van der Waals surface area contributed by atoms with Gasteiger partial charge >= 0.3 is 0 Å². The van der Waals surface area contributed by atoms with Gasteiger partial charge in [-0.1, -0.05) is 0 Å². The number of hydrogen-bond acceptors (Lipinski definition) is 4. The fourth-order valence-corrected chi connectivity index (χ4v) is 2.69. The fourth-order valence-electron chi connectivity index (χ4n) is 2.32. The summed E-state index contributed by atoms with van der Waals surface area (Å²) in [6.45, 7) is 0.752. The first-order valence-electron chi connectivity index (χ1n) is 6.21. The molecule has 2 aromatic rings. The third kappa shape index (κ3) is 2.64. The maximum absolute atomic E-state index is 5.82. The zero-order valence-electron chi connectivity index (χ0n) is 10.6. The Labute approximate surface area is 120 Å². The Bertz CT molecular complexity index is 571. The number of rotatable bonds is 3. The van der Waals surface area contributed by atoms with Crippen LogP contribution in [-0.2, 0) is 11.8 Å². The van der Waals surface area contributed by atoms with Crippen LogP contribution < -0.4 is 5.32 Å². The number of aromatic nitrogens is 3. The van der Waals surface area contributed by atoms with E-state index in [-0.39, 0.29) is 12.1 Å². The molecule has 6 heteroatoms. The average molecular weight is 323 g/mol. The van der Waals surface area contributed by atoms with Crippen molar-refractivity contribution >= 4 is 21.7 Å². The number of hydrogen-bond donors (Lipinski definition) is 1. The van der Waals surface area contributed by atoms with Gasteiger partial charge < -0.3 is 10.1 Å². The molecule has 0 aromatic carbocycles. The third-order valence-corrected chi connectivity index (χ3v) is 3.87. The van der Waals surface area contributed by atoms with E-state index in [1.807, 2.05) is 31.6 Å². The molecule has 0 aliphatic carbocycles. The van der Waals surface area contributed by atoms with E-state index in [1.54, 1.807) is 10.9 Å². The second-order valence-corrected chi connectivity index (χ2v) is 5.47. The zero-order valence-corrected chi connectivity index (χ0v) is 12.2. The minimum absolute atomic E-state index is 0.0302. The molecule has 2 atom stereocenters. The zero-order chi connectivity index (χ0) is 13.2. The van der Waals surface area contributed by atoms with Crippen LogP contribution in [0.4, 0.5) is 5.82 Å². The molecular formula is C13H15BrN4O. The molecule has 3 rings (SSSR count). The van der Waals surface area contributed by atoms with Crippen molar-refractivity contribution in [3.8, 4) is 0 Å².